The van der Waals surface area contributed by atoms with Crippen LogP contribution in [0.1, 0.15) is 55.2 Å². The smallest absolute Gasteiger partial charge is 0.303 e. The second-order valence-electron chi connectivity index (χ2n) is 7.21. The van der Waals surface area contributed by atoms with E-state index < -0.39 is 5.97 Å². The van der Waals surface area contributed by atoms with Crippen LogP contribution < -0.4 is 4.74 Å². The predicted octanol–water partition coefficient (Wildman–Crippen LogP) is 5.13. The average Bonchev–Trinajstić information content (AvgIpc) is 2.71. The van der Waals surface area contributed by atoms with Crippen molar-refractivity contribution in [1.82, 2.24) is 0 Å². The number of carboxylic acid groups (broad SMARTS) is 1. The van der Waals surface area contributed by atoms with Crippen molar-refractivity contribution < 1.29 is 19.4 Å². The van der Waals surface area contributed by atoms with E-state index in [2.05, 4.69) is 24.3 Å². The van der Waals surface area contributed by atoms with Crippen molar-refractivity contribution in [3.8, 4) is 5.75 Å². The topological polar surface area (TPSA) is 55.8 Å². The molecule has 27 heavy (non-hydrogen) atoms. The summed E-state index contributed by atoms with van der Waals surface area (Å²) in [5.74, 6) is 0.0155. The number of benzene rings is 2. The number of rotatable bonds is 9. The molecule has 1 aliphatic rings. The lowest BCUT2D eigenvalue weighted by molar-refractivity contribution is -0.136. The summed E-state index contributed by atoms with van der Waals surface area (Å²) in [5, 5.41) is 8.73. The Bertz CT molecular complexity index is 700. The molecule has 1 saturated carbocycles. The van der Waals surface area contributed by atoms with Crippen molar-refractivity contribution in [3.05, 3.63) is 65.2 Å². The van der Waals surface area contributed by atoms with Crippen molar-refractivity contribution in [2.24, 2.45) is 0 Å². The first kappa shape index (κ1) is 19.4. The lowest BCUT2D eigenvalue weighted by Crippen LogP contribution is -2.16. The van der Waals surface area contributed by atoms with Gasteiger partial charge in [0.1, 0.15) is 12.4 Å². The van der Waals surface area contributed by atoms with Crippen molar-refractivity contribution >= 4 is 5.97 Å². The Balaban J connectivity index is 1.42. The van der Waals surface area contributed by atoms with E-state index in [0.717, 1.165) is 16.9 Å². The Morgan fingerprint density at radius 3 is 2.07 bits per heavy atom. The van der Waals surface area contributed by atoms with Crippen LogP contribution >= 0.6 is 0 Å². The molecule has 0 amide bonds. The summed E-state index contributed by atoms with van der Waals surface area (Å²) in [6, 6.07) is 16.0. The van der Waals surface area contributed by atoms with Crippen LogP contribution in [0.5, 0.6) is 5.75 Å². The molecule has 1 fully saturated rings. The SMILES string of the molecule is O=C(O)CCc1ccc(OCc2ccc(COC3CCCCC3)cc2)cc1. The third kappa shape index (κ3) is 6.72. The summed E-state index contributed by atoms with van der Waals surface area (Å²) in [4.78, 5) is 10.6. The van der Waals surface area contributed by atoms with Gasteiger partial charge >= 0.3 is 5.97 Å². The van der Waals surface area contributed by atoms with Gasteiger partial charge in [-0.25, -0.2) is 0 Å². The molecule has 0 bridgehead atoms. The van der Waals surface area contributed by atoms with Gasteiger partial charge in [-0.3, -0.25) is 4.79 Å². The van der Waals surface area contributed by atoms with Crippen LogP contribution in [0.4, 0.5) is 0 Å². The minimum absolute atomic E-state index is 0.150. The van der Waals surface area contributed by atoms with E-state index in [1.807, 2.05) is 24.3 Å². The Hall–Kier alpha value is -2.33. The van der Waals surface area contributed by atoms with E-state index in [1.54, 1.807) is 0 Å². The molecule has 0 unspecified atom stereocenters. The molecule has 144 valence electrons. The standard InChI is InChI=1S/C23H28O4/c24-23(25)15-12-18-10-13-22(14-11-18)27-17-20-8-6-19(7-9-20)16-26-21-4-2-1-3-5-21/h6-11,13-14,21H,1-5,12,15-17H2,(H,24,25). The Kier molecular flexibility index (Phi) is 7.28. The maximum Gasteiger partial charge on any atom is 0.303 e. The molecule has 2 aromatic rings. The minimum atomic E-state index is -0.775. The second-order valence-corrected chi connectivity index (χ2v) is 7.21. The molecular weight excluding hydrogens is 340 g/mol. The number of hydrogen-bond acceptors (Lipinski definition) is 3. The van der Waals surface area contributed by atoms with Crippen LogP contribution in [-0.2, 0) is 29.2 Å². The fourth-order valence-electron chi connectivity index (χ4n) is 3.35. The van der Waals surface area contributed by atoms with Gasteiger partial charge in [0.05, 0.1) is 12.7 Å². The van der Waals surface area contributed by atoms with Gasteiger partial charge in [-0.2, -0.15) is 0 Å². The number of ether oxygens (including phenoxy) is 2. The fourth-order valence-corrected chi connectivity index (χ4v) is 3.35. The van der Waals surface area contributed by atoms with Crippen molar-refractivity contribution in [1.29, 1.82) is 0 Å². The lowest BCUT2D eigenvalue weighted by atomic mass is 9.98. The van der Waals surface area contributed by atoms with Crippen LogP contribution in [0.25, 0.3) is 0 Å². The maximum atomic E-state index is 10.6. The van der Waals surface area contributed by atoms with E-state index >= 15 is 0 Å². The first-order valence-corrected chi connectivity index (χ1v) is 9.82. The second kappa shape index (κ2) is 10.1. The van der Waals surface area contributed by atoms with E-state index in [1.165, 1.54) is 37.7 Å². The molecule has 1 N–H and O–H groups in total. The number of aryl methyl sites for hydroxylation is 1. The molecule has 0 atom stereocenters. The van der Waals surface area contributed by atoms with Gasteiger partial charge in [0, 0.05) is 6.42 Å². The zero-order valence-corrected chi connectivity index (χ0v) is 15.7. The number of carboxylic acids is 1. The summed E-state index contributed by atoms with van der Waals surface area (Å²) in [7, 11) is 0. The third-order valence-corrected chi connectivity index (χ3v) is 5.02. The lowest BCUT2D eigenvalue weighted by Gasteiger charge is -2.22. The van der Waals surface area contributed by atoms with E-state index in [0.29, 0.717) is 25.7 Å². The molecule has 2 aromatic carbocycles. The zero-order valence-electron chi connectivity index (χ0n) is 15.7. The highest BCUT2D eigenvalue weighted by Crippen LogP contribution is 2.21. The first-order valence-electron chi connectivity index (χ1n) is 9.82. The van der Waals surface area contributed by atoms with Crippen LogP contribution in [-0.4, -0.2) is 17.2 Å². The molecule has 0 radical (unpaired) electrons. The number of carbonyl (C=O) groups is 1. The van der Waals surface area contributed by atoms with Crippen molar-refractivity contribution in [2.45, 2.75) is 64.3 Å². The van der Waals surface area contributed by atoms with Gasteiger partial charge in [-0.1, -0.05) is 55.7 Å². The summed E-state index contributed by atoms with van der Waals surface area (Å²) in [5.41, 5.74) is 3.32. The highest BCUT2D eigenvalue weighted by Gasteiger charge is 2.13. The number of hydrogen-bond donors (Lipinski definition) is 1. The minimum Gasteiger partial charge on any atom is -0.489 e. The van der Waals surface area contributed by atoms with Gasteiger partial charge in [-0.15, -0.1) is 0 Å². The van der Waals surface area contributed by atoms with E-state index in [4.69, 9.17) is 14.6 Å². The van der Waals surface area contributed by atoms with Gasteiger partial charge < -0.3 is 14.6 Å². The van der Waals surface area contributed by atoms with Gasteiger partial charge in [0.15, 0.2) is 0 Å². The van der Waals surface area contributed by atoms with Crippen molar-refractivity contribution in [2.75, 3.05) is 0 Å². The summed E-state index contributed by atoms with van der Waals surface area (Å²) >= 11 is 0. The zero-order chi connectivity index (χ0) is 18.9. The largest absolute Gasteiger partial charge is 0.489 e. The van der Waals surface area contributed by atoms with Crippen LogP contribution in [0.2, 0.25) is 0 Å². The van der Waals surface area contributed by atoms with E-state index in [-0.39, 0.29) is 6.42 Å². The highest BCUT2D eigenvalue weighted by molar-refractivity contribution is 5.67. The Labute approximate surface area is 161 Å². The summed E-state index contributed by atoms with van der Waals surface area (Å²) in [6.07, 6.45) is 7.45. The van der Waals surface area contributed by atoms with Crippen molar-refractivity contribution in [3.63, 3.8) is 0 Å². The van der Waals surface area contributed by atoms with E-state index in [9.17, 15) is 4.79 Å². The molecule has 4 nitrogen and oxygen atoms in total. The molecular formula is C23H28O4. The highest BCUT2D eigenvalue weighted by atomic mass is 16.5. The quantitative estimate of drug-likeness (QED) is 0.666. The Morgan fingerprint density at radius 1 is 0.852 bits per heavy atom. The molecule has 0 heterocycles. The van der Waals surface area contributed by atoms with Gasteiger partial charge in [0.2, 0.25) is 0 Å². The molecule has 0 saturated heterocycles. The molecule has 4 heteroatoms. The molecule has 0 aromatic heterocycles. The Morgan fingerprint density at radius 2 is 1.44 bits per heavy atom. The summed E-state index contributed by atoms with van der Waals surface area (Å²) < 4.78 is 11.8. The summed E-state index contributed by atoms with van der Waals surface area (Å²) in [6.45, 7) is 1.20. The first-order chi connectivity index (χ1) is 13.2. The fraction of sp³-hybridized carbons (Fsp3) is 0.435. The molecule has 1 aliphatic carbocycles. The predicted molar refractivity (Wildman–Crippen MR) is 105 cm³/mol. The monoisotopic (exact) mass is 368 g/mol. The normalized spacial score (nSPS) is 14.8. The van der Waals surface area contributed by atoms with Crippen LogP contribution in [0, 0.1) is 0 Å². The number of aliphatic carboxylic acids is 1. The molecule has 0 aliphatic heterocycles. The van der Waals surface area contributed by atoms with Gasteiger partial charge in [-0.05, 0) is 48.1 Å². The maximum absolute atomic E-state index is 10.6. The van der Waals surface area contributed by atoms with Crippen LogP contribution in [0.15, 0.2) is 48.5 Å². The van der Waals surface area contributed by atoms with Crippen LogP contribution in [0.3, 0.4) is 0 Å². The average molecular weight is 368 g/mol. The molecule has 0 spiro atoms. The van der Waals surface area contributed by atoms with Gasteiger partial charge in [0.25, 0.3) is 0 Å². The third-order valence-electron chi connectivity index (χ3n) is 5.02. The molecule has 3 rings (SSSR count).